The lowest BCUT2D eigenvalue weighted by Crippen LogP contribution is -2.39. The minimum Gasteiger partial charge on any atom is -0.484 e. The summed E-state index contributed by atoms with van der Waals surface area (Å²) in [5, 5.41) is 0. The smallest absolute Gasteiger partial charge is 0.260 e. The number of nitrogens with zero attached hydrogens (tertiary/aromatic N) is 3. The number of benzene rings is 1. The number of hydrogen-bond acceptors (Lipinski definition) is 3. The first kappa shape index (κ1) is 18.0. The molecular formula is C19H22FN3O3. The third-order valence-corrected chi connectivity index (χ3v) is 4.37. The molecule has 3 rings (SSSR count). The first-order valence-corrected chi connectivity index (χ1v) is 8.60. The highest BCUT2D eigenvalue weighted by Crippen LogP contribution is 2.13. The van der Waals surface area contributed by atoms with E-state index in [9.17, 15) is 14.0 Å². The van der Waals surface area contributed by atoms with E-state index in [0.29, 0.717) is 43.9 Å². The summed E-state index contributed by atoms with van der Waals surface area (Å²) in [4.78, 5) is 28.4. The van der Waals surface area contributed by atoms with E-state index < -0.39 is 5.82 Å². The number of aryl methyl sites for hydroxylation is 1. The van der Waals surface area contributed by atoms with E-state index in [-0.39, 0.29) is 18.4 Å². The minimum atomic E-state index is -0.403. The fourth-order valence-electron chi connectivity index (χ4n) is 2.98. The predicted molar refractivity (Wildman–Crippen MR) is 94.4 cm³/mol. The van der Waals surface area contributed by atoms with E-state index in [1.807, 2.05) is 17.8 Å². The van der Waals surface area contributed by atoms with Crippen molar-refractivity contribution in [2.24, 2.45) is 7.05 Å². The molecule has 7 heteroatoms. The van der Waals surface area contributed by atoms with Crippen molar-refractivity contribution in [2.75, 3.05) is 32.8 Å². The van der Waals surface area contributed by atoms with Crippen molar-refractivity contribution in [3.63, 3.8) is 0 Å². The van der Waals surface area contributed by atoms with Crippen molar-refractivity contribution in [3.05, 3.63) is 54.1 Å². The maximum absolute atomic E-state index is 13.1. The molecule has 2 amide bonds. The van der Waals surface area contributed by atoms with Crippen LogP contribution in [0.25, 0.3) is 0 Å². The van der Waals surface area contributed by atoms with Crippen molar-refractivity contribution >= 4 is 11.8 Å². The molecule has 138 valence electrons. The molecule has 26 heavy (non-hydrogen) atoms. The fourth-order valence-corrected chi connectivity index (χ4v) is 2.98. The van der Waals surface area contributed by atoms with Gasteiger partial charge in [-0.1, -0.05) is 6.07 Å². The molecule has 0 radical (unpaired) electrons. The number of carbonyl (C=O) groups excluding carboxylic acids is 2. The molecule has 1 aliphatic heterocycles. The van der Waals surface area contributed by atoms with Gasteiger partial charge in [0.1, 0.15) is 11.6 Å². The van der Waals surface area contributed by atoms with Gasteiger partial charge in [0, 0.05) is 51.7 Å². The van der Waals surface area contributed by atoms with Crippen LogP contribution >= 0.6 is 0 Å². The Labute approximate surface area is 151 Å². The van der Waals surface area contributed by atoms with Gasteiger partial charge in [0.25, 0.3) is 11.8 Å². The largest absolute Gasteiger partial charge is 0.484 e. The van der Waals surface area contributed by atoms with Gasteiger partial charge >= 0.3 is 0 Å². The Morgan fingerprint density at radius 3 is 2.62 bits per heavy atom. The lowest BCUT2D eigenvalue weighted by Gasteiger charge is -2.22. The molecule has 1 aromatic carbocycles. The zero-order valence-electron chi connectivity index (χ0n) is 14.7. The molecule has 1 aliphatic rings. The fraction of sp³-hybridized carbons (Fsp3) is 0.368. The Morgan fingerprint density at radius 1 is 1.12 bits per heavy atom. The van der Waals surface area contributed by atoms with E-state index in [4.69, 9.17) is 4.74 Å². The van der Waals surface area contributed by atoms with E-state index in [1.165, 1.54) is 18.2 Å². The molecule has 0 saturated carbocycles. The Bertz CT molecular complexity index is 790. The topological polar surface area (TPSA) is 54.8 Å². The highest BCUT2D eigenvalue weighted by molar-refractivity contribution is 5.94. The molecule has 6 nitrogen and oxygen atoms in total. The van der Waals surface area contributed by atoms with Gasteiger partial charge in [-0.15, -0.1) is 0 Å². The number of hydrogen-bond donors (Lipinski definition) is 0. The van der Waals surface area contributed by atoms with Gasteiger partial charge < -0.3 is 19.1 Å². The lowest BCUT2D eigenvalue weighted by molar-refractivity contribution is -0.133. The van der Waals surface area contributed by atoms with Crippen molar-refractivity contribution < 1.29 is 18.7 Å². The van der Waals surface area contributed by atoms with Gasteiger partial charge in [0.05, 0.1) is 5.56 Å². The molecule has 0 bridgehead atoms. The highest BCUT2D eigenvalue weighted by Gasteiger charge is 2.23. The maximum Gasteiger partial charge on any atom is 0.260 e. The quantitative estimate of drug-likeness (QED) is 0.838. The van der Waals surface area contributed by atoms with Crippen LogP contribution in [-0.2, 0) is 11.8 Å². The van der Waals surface area contributed by atoms with Crippen LogP contribution in [0.3, 0.4) is 0 Å². The van der Waals surface area contributed by atoms with Crippen LogP contribution in [0.5, 0.6) is 5.75 Å². The monoisotopic (exact) mass is 359 g/mol. The van der Waals surface area contributed by atoms with E-state index in [0.717, 1.165) is 0 Å². The summed E-state index contributed by atoms with van der Waals surface area (Å²) in [5.41, 5.74) is 0.654. The molecule has 0 spiro atoms. The number of aromatic nitrogens is 1. The van der Waals surface area contributed by atoms with E-state index >= 15 is 0 Å². The summed E-state index contributed by atoms with van der Waals surface area (Å²) in [6.07, 6.45) is 4.35. The van der Waals surface area contributed by atoms with Crippen LogP contribution in [0.15, 0.2) is 42.7 Å². The minimum absolute atomic E-state index is 0.0177. The third-order valence-electron chi connectivity index (χ3n) is 4.37. The zero-order valence-corrected chi connectivity index (χ0v) is 14.7. The Balaban J connectivity index is 1.52. The Kier molecular flexibility index (Phi) is 5.55. The van der Waals surface area contributed by atoms with Crippen LogP contribution in [0.4, 0.5) is 4.39 Å². The summed E-state index contributed by atoms with van der Waals surface area (Å²) in [5.74, 6) is -0.256. The molecule has 0 atom stereocenters. The van der Waals surface area contributed by atoms with Crippen LogP contribution in [0, 0.1) is 5.82 Å². The molecule has 2 aromatic rings. The number of amides is 2. The molecule has 1 fully saturated rings. The molecule has 1 aromatic heterocycles. The molecule has 2 heterocycles. The van der Waals surface area contributed by atoms with Gasteiger partial charge in [-0.25, -0.2) is 4.39 Å². The average Bonchev–Trinajstić information content (AvgIpc) is 2.91. The Morgan fingerprint density at radius 2 is 1.88 bits per heavy atom. The van der Waals surface area contributed by atoms with Gasteiger partial charge in [-0.3, -0.25) is 9.59 Å². The maximum atomic E-state index is 13.1. The Hall–Kier alpha value is -2.83. The van der Waals surface area contributed by atoms with Crippen LogP contribution < -0.4 is 4.74 Å². The number of ether oxygens (including phenoxy) is 1. The molecular weight excluding hydrogens is 337 g/mol. The molecule has 1 saturated heterocycles. The first-order valence-electron chi connectivity index (χ1n) is 8.60. The van der Waals surface area contributed by atoms with E-state index in [1.54, 1.807) is 28.1 Å². The van der Waals surface area contributed by atoms with E-state index in [2.05, 4.69) is 0 Å². The van der Waals surface area contributed by atoms with Crippen molar-refractivity contribution in [1.29, 1.82) is 0 Å². The van der Waals surface area contributed by atoms with Crippen molar-refractivity contribution in [2.45, 2.75) is 6.42 Å². The van der Waals surface area contributed by atoms with Crippen molar-refractivity contribution in [1.82, 2.24) is 14.4 Å². The van der Waals surface area contributed by atoms with Crippen LogP contribution in [0.2, 0.25) is 0 Å². The first-order chi connectivity index (χ1) is 12.5. The average molecular weight is 359 g/mol. The number of rotatable bonds is 4. The van der Waals surface area contributed by atoms with Gasteiger partial charge in [-0.2, -0.15) is 0 Å². The summed E-state index contributed by atoms with van der Waals surface area (Å²) in [6.45, 7) is 1.99. The second-order valence-electron chi connectivity index (χ2n) is 6.34. The summed E-state index contributed by atoms with van der Waals surface area (Å²) in [7, 11) is 1.87. The molecule has 0 N–H and O–H groups in total. The second kappa shape index (κ2) is 8.03. The normalized spacial score (nSPS) is 14.8. The second-order valence-corrected chi connectivity index (χ2v) is 6.34. The van der Waals surface area contributed by atoms with Crippen LogP contribution in [-0.4, -0.2) is 59.0 Å². The van der Waals surface area contributed by atoms with Gasteiger partial charge in [0.2, 0.25) is 0 Å². The lowest BCUT2D eigenvalue weighted by atomic mass is 10.3. The summed E-state index contributed by atoms with van der Waals surface area (Å²) < 4.78 is 20.4. The SMILES string of the molecule is Cn1ccc(C(=O)N2CCCN(C(=O)COc3cccc(F)c3)CC2)c1. The predicted octanol–water partition coefficient (Wildman–Crippen LogP) is 1.92. The van der Waals surface area contributed by atoms with Crippen molar-refractivity contribution in [3.8, 4) is 5.75 Å². The third kappa shape index (κ3) is 4.41. The van der Waals surface area contributed by atoms with Crippen LogP contribution in [0.1, 0.15) is 16.8 Å². The number of halogens is 1. The van der Waals surface area contributed by atoms with Gasteiger partial charge in [-0.05, 0) is 24.6 Å². The zero-order chi connectivity index (χ0) is 18.5. The standard InChI is InChI=1S/C19H22FN3O3/c1-21-9-6-15(13-21)19(25)23-8-3-7-22(10-11-23)18(24)14-26-17-5-2-4-16(20)12-17/h2,4-6,9,12-13H,3,7-8,10-11,14H2,1H3. The number of carbonyl (C=O) groups is 2. The summed E-state index contributed by atoms with van der Waals surface area (Å²) >= 11 is 0. The van der Waals surface area contributed by atoms with Gasteiger partial charge in [0.15, 0.2) is 6.61 Å². The highest BCUT2D eigenvalue weighted by atomic mass is 19.1. The molecule has 0 aliphatic carbocycles. The summed E-state index contributed by atoms with van der Waals surface area (Å²) in [6, 6.07) is 7.51. The molecule has 0 unspecified atom stereocenters.